The Morgan fingerprint density at radius 3 is 2.41 bits per heavy atom. The van der Waals surface area contributed by atoms with Gasteiger partial charge in [0.1, 0.15) is 17.2 Å². The van der Waals surface area contributed by atoms with Crippen LogP contribution in [-0.2, 0) is 17.8 Å². The van der Waals surface area contributed by atoms with Crippen LogP contribution in [0.3, 0.4) is 0 Å². The second-order valence-electron chi connectivity index (χ2n) is 6.24. The maximum atomic E-state index is 12.2. The molecular formula is C21H23N3O5. The average Bonchev–Trinajstić information content (AvgIpc) is 3.23. The summed E-state index contributed by atoms with van der Waals surface area (Å²) in [5.74, 6) is 2.85. The van der Waals surface area contributed by atoms with E-state index in [4.69, 9.17) is 18.7 Å². The first kappa shape index (κ1) is 20.2. The first-order valence-corrected chi connectivity index (χ1v) is 9.14. The Balaban J connectivity index is 1.40. The second-order valence-corrected chi connectivity index (χ2v) is 6.24. The number of aromatic nitrogens is 2. The summed E-state index contributed by atoms with van der Waals surface area (Å²) in [6.45, 7) is 0.599. The monoisotopic (exact) mass is 397 g/mol. The van der Waals surface area contributed by atoms with E-state index in [1.807, 2.05) is 42.5 Å². The lowest BCUT2D eigenvalue weighted by atomic mass is 10.3. The predicted octanol–water partition coefficient (Wildman–Crippen LogP) is 2.74. The largest absolute Gasteiger partial charge is 0.497 e. The predicted molar refractivity (Wildman–Crippen MR) is 105 cm³/mol. The van der Waals surface area contributed by atoms with Crippen molar-refractivity contribution >= 4 is 5.91 Å². The lowest BCUT2D eigenvalue weighted by molar-refractivity contribution is -0.132. The van der Waals surface area contributed by atoms with Crippen molar-refractivity contribution in [1.29, 1.82) is 0 Å². The van der Waals surface area contributed by atoms with Crippen molar-refractivity contribution in [3.63, 3.8) is 0 Å². The molecule has 1 heterocycles. The fourth-order valence-corrected chi connectivity index (χ4v) is 2.43. The van der Waals surface area contributed by atoms with Crippen LogP contribution in [0.5, 0.6) is 17.2 Å². The van der Waals surface area contributed by atoms with Gasteiger partial charge in [0.15, 0.2) is 19.0 Å². The highest BCUT2D eigenvalue weighted by Gasteiger charge is 2.13. The topological polar surface area (TPSA) is 86.9 Å². The zero-order chi connectivity index (χ0) is 20.5. The molecule has 2 aromatic carbocycles. The number of likely N-dealkylation sites (N-methyl/N-ethyl adjacent to an activating group) is 1. The Kier molecular flexibility index (Phi) is 7.05. The van der Waals surface area contributed by atoms with Crippen molar-refractivity contribution in [2.75, 3.05) is 27.3 Å². The molecule has 0 aliphatic heterocycles. The van der Waals surface area contributed by atoms with E-state index in [2.05, 4.69) is 10.1 Å². The quantitative estimate of drug-likeness (QED) is 0.520. The third-order valence-electron chi connectivity index (χ3n) is 4.13. The van der Waals surface area contributed by atoms with Gasteiger partial charge >= 0.3 is 0 Å². The van der Waals surface area contributed by atoms with Crippen molar-refractivity contribution in [3.05, 3.63) is 66.3 Å². The van der Waals surface area contributed by atoms with Crippen LogP contribution >= 0.6 is 0 Å². The molecule has 0 atom stereocenters. The van der Waals surface area contributed by atoms with E-state index in [-0.39, 0.29) is 19.1 Å². The molecule has 1 amide bonds. The van der Waals surface area contributed by atoms with Gasteiger partial charge in [-0.05, 0) is 36.4 Å². The smallest absolute Gasteiger partial charge is 0.264 e. The molecule has 3 rings (SSSR count). The van der Waals surface area contributed by atoms with Crippen molar-refractivity contribution < 1.29 is 23.5 Å². The van der Waals surface area contributed by atoms with Gasteiger partial charge in [-0.1, -0.05) is 23.4 Å². The number of hydrogen-bond acceptors (Lipinski definition) is 7. The number of carbonyl (C=O) groups excluding carboxylic acids is 1. The first-order valence-electron chi connectivity index (χ1n) is 9.14. The van der Waals surface area contributed by atoms with Gasteiger partial charge in [0.05, 0.1) is 7.11 Å². The fourth-order valence-electron chi connectivity index (χ4n) is 2.43. The van der Waals surface area contributed by atoms with E-state index in [9.17, 15) is 4.79 Å². The molecular weight excluding hydrogens is 374 g/mol. The minimum Gasteiger partial charge on any atom is -0.497 e. The highest BCUT2D eigenvalue weighted by Crippen LogP contribution is 2.18. The normalized spacial score (nSPS) is 10.4. The summed E-state index contributed by atoms with van der Waals surface area (Å²) in [6, 6.07) is 16.4. The number of rotatable bonds is 10. The van der Waals surface area contributed by atoms with Gasteiger partial charge in [0, 0.05) is 20.0 Å². The SMILES string of the molecule is COc1ccc(OCc2nc(CCN(C)C(=O)COc3ccccc3)no2)cc1. The standard InChI is InChI=1S/C21H23N3O5/c1-24(21(25)15-28-17-6-4-3-5-7-17)13-12-19-22-20(29-23-19)14-27-18-10-8-16(26-2)9-11-18/h3-11H,12-15H2,1-2H3. The molecule has 1 aromatic heterocycles. The van der Waals surface area contributed by atoms with Crippen LogP contribution < -0.4 is 14.2 Å². The Hall–Kier alpha value is -3.55. The number of amides is 1. The maximum Gasteiger partial charge on any atom is 0.264 e. The van der Waals surface area contributed by atoms with Crippen LogP contribution in [0.2, 0.25) is 0 Å². The Morgan fingerprint density at radius 2 is 1.69 bits per heavy atom. The number of carbonyl (C=O) groups is 1. The average molecular weight is 397 g/mol. The fraction of sp³-hybridized carbons (Fsp3) is 0.286. The van der Waals surface area contributed by atoms with E-state index in [0.717, 1.165) is 5.75 Å². The highest BCUT2D eigenvalue weighted by molar-refractivity contribution is 5.77. The van der Waals surface area contributed by atoms with E-state index >= 15 is 0 Å². The van der Waals surface area contributed by atoms with Crippen molar-refractivity contribution in [2.24, 2.45) is 0 Å². The van der Waals surface area contributed by atoms with Crippen LogP contribution in [0.4, 0.5) is 0 Å². The van der Waals surface area contributed by atoms with Gasteiger partial charge in [-0.15, -0.1) is 0 Å². The van der Waals surface area contributed by atoms with Gasteiger partial charge < -0.3 is 23.6 Å². The summed E-state index contributed by atoms with van der Waals surface area (Å²) in [5, 5.41) is 3.93. The van der Waals surface area contributed by atoms with Crippen LogP contribution in [0.25, 0.3) is 0 Å². The molecule has 8 heteroatoms. The third kappa shape index (κ3) is 6.24. The third-order valence-corrected chi connectivity index (χ3v) is 4.13. The number of para-hydroxylation sites is 1. The summed E-state index contributed by atoms with van der Waals surface area (Å²) in [7, 11) is 3.32. The maximum absolute atomic E-state index is 12.2. The van der Waals surface area contributed by atoms with Crippen LogP contribution in [0.15, 0.2) is 59.1 Å². The number of methoxy groups -OCH3 is 1. The summed E-state index contributed by atoms with van der Waals surface area (Å²) in [6.07, 6.45) is 0.472. The molecule has 0 radical (unpaired) electrons. The van der Waals surface area contributed by atoms with Gasteiger partial charge in [-0.2, -0.15) is 4.98 Å². The molecule has 0 N–H and O–H groups in total. The lowest BCUT2D eigenvalue weighted by Crippen LogP contribution is -2.33. The summed E-state index contributed by atoms with van der Waals surface area (Å²) >= 11 is 0. The highest BCUT2D eigenvalue weighted by atomic mass is 16.5. The van der Waals surface area contributed by atoms with E-state index < -0.39 is 0 Å². The number of benzene rings is 2. The van der Waals surface area contributed by atoms with Gasteiger partial charge in [0.25, 0.3) is 11.8 Å². The van der Waals surface area contributed by atoms with Gasteiger partial charge in [0.2, 0.25) is 0 Å². The molecule has 0 saturated carbocycles. The van der Waals surface area contributed by atoms with E-state index in [1.165, 1.54) is 0 Å². The zero-order valence-corrected chi connectivity index (χ0v) is 16.4. The van der Waals surface area contributed by atoms with E-state index in [1.54, 1.807) is 31.2 Å². The molecule has 0 unspecified atom stereocenters. The van der Waals surface area contributed by atoms with Crippen LogP contribution in [0, 0.1) is 0 Å². The molecule has 3 aromatic rings. The summed E-state index contributed by atoms with van der Waals surface area (Å²) in [4.78, 5) is 18.0. The number of ether oxygens (including phenoxy) is 3. The molecule has 0 aliphatic carbocycles. The molecule has 0 saturated heterocycles. The molecule has 8 nitrogen and oxygen atoms in total. The molecule has 0 spiro atoms. The van der Waals surface area contributed by atoms with E-state index in [0.29, 0.717) is 36.2 Å². The Morgan fingerprint density at radius 1 is 1.00 bits per heavy atom. The van der Waals surface area contributed by atoms with Crippen LogP contribution in [-0.4, -0.2) is 48.3 Å². The van der Waals surface area contributed by atoms with Crippen molar-refractivity contribution in [1.82, 2.24) is 15.0 Å². The molecule has 152 valence electrons. The minimum absolute atomic E-state index is 0.0201. The molecule has 0 fully saturated rings. The lowest BCUT2D eigenvalue weighted by Gasteiger charge is -2.16. The number of hydrogen-bond donors (Lipinski definition) is 0. The minimum atomic E-state index is -0.125. The molecule has 0 aliphatic rings. The zero-order valence-electron chi connectivity index (χ0n) is 16.4. The summed E-state index contributed by atoms with van der Waals surface area (Å²) < 4.78 is 21.4. The molecule has 0 bridgehead atoms. The summed E-state index contributed by atoms with van der Waals surface area (Å²) in [5.41, 5.74) is 0. The van der Waals surface area contributed by atoms with Crippen LogP contribution in [0.1, 0.15) is 11.7 Å². The Labute approximate surface area is 169 Å². The van der Waals surface area contributed by atoms with Gasteiger partial charge in [-0.25, -0.2) is 0 Å². The van der Waals surface area contributed by atoms with Crippen molar-refractivity contribution in [3.8, 4) is 17.2 Å². The Bertz CT molecular complexity index is 896. The van der Waals surface area contributed by atoms with Gasteiger partial charge in [-0.3, -0.25) is 4.79 Å². The second kappa shape index (κ2) is 10.1. The molecule has 29 heavy (non-hydrogen) atoms. The first-order chi connectivity index (χ1) is 14.1. The van der Waals surface area contributed by atoms with Crippen molar-refractivity contribution in [2.45, 2.75) is 13.0 Å². The number of nitrogens with zero attached hydrogens (tertiary/aromatic N) is 3.